The minimum atomic E-state index is -0.501. The van der Waals surface area contributed by atoms with Gasteiger partial charge < -0.3 is 9.80 Å². The van der Waals surface area contributed by atoms with E-state index >= 15 is 0 Å². The van der Waals surface area contributed by atoms with Crippen LogP contribution in [0.3, 0.4) is 0 Å². The number of benzene rings is 1. The van der Waals surface area contributed by atoms with Gasteiger partial charge in [0, 0.05) is 33.1 Å². The van der Waals surface area contributed by atoms with Gasteiger partial charge in [-0.25, -0.2) is 4.39 Å². The highest BCUT2D eigenvalue weighted by Crippen LogP contribution is 2.19. The summed E-state index contributed by atoms with van der Waals surface area (Å²) in [6.07, 6.45) is 0. The molecule has 2 amide bonds. The molecule has 4 nitrogen and oxygen atoms in total. The van der Waals surface area contributed by atoms with E-state index in [0.29, 0.717) is 26.2 Å². The van der Waals surface area contributed by atoms with Gasteiger partial charge in [0.25, 0.3) is 5.91 Å². The van der Waals surface area contributed by atoms with Gasteiger partial charge in [0.1, 0.15) is 5.82 Å². The van der Waals surface area contributed by atoms with Gasteiger partial charge >= 0.3 is 0 Å². The van der Waals surface area contributed by atoms with Gasteiger partial charge in [0.05, 0.1) is 10.6 Å². The predicted octanol–water partition coefficient (Wildman–Crippen LogP) is 1.60. The smallest absolute Gasteiger partial charge is 0.255 e. The summed E-state index contributed by atoms with van der Waals surface area (Å²) in [5.41, 5.74) is 0.149. The summed E-state index contributed by atoms with van der Waals surface area (Å²) in [7, 11) is 0. The molecule has 0 bridgehead atoms. The van der Waals surface area contributed by atoms with Crippen LogP contribution in [0.4, 0.5) is 4.39 Å². The highest BCUT2D eigenvalue weighted by molar-refractivity contribution is 6.33. The van der Waals surface area contributed by atoms with Gasteiger partial charge in [-0.1, -0.05) is 11.6 Å². The van der Waals surface area contributed by atoms with Crippen molar-refractivity contribution in [2.24, 2.45) is 0 Å². The first kappa shape index (κ1) is 13.8. The van der Waals surface area contributed by atoms with E-state index in [-0.39, 0.29) is 22.4 Å². The third-order valence-corrected chi connectivity index (χ3v) is 3.41. The Hall–Kier alpha value is -1.62. The van der Waals surface area contributed by atoms with Gasteiger partial charge in [-0.2, -0.15) is 0 Å². The molecule has 1 aliphatic heterocycles. The molecule has 101 valence electrons. The summed E-state index contributed by atoms with van der Waals surface area (Å²) in [6.45, 7) is 4.98. The molecule has 1 fully saturated rings. The quantitative estimate of drug-likeness (QED) is 0.785. The number of rotatable bonds is 1. The molecule has 6 heteroatoms. The molecule has 1 aromatic carbocycles. The summed E-state index contributed by atoms with van der Waals surface area (Å²) < 4.78 is 13.2. The molecule has 1 radical (unpaired) electrons. The van der Waals surface area contributed by atoms with Crippen LogP contribution in [0.1, 0.15) is 10.4 Å². The summed E-state index contributed by atoms with van der Waals surface area (Å²) in [6, 6.07) is 3.70. The molecule has 0 spiro atoms. The Morgan fingerprint density at radius 2 is 1.74 bits per heavy atom. The van der Waals surface area contributed by atoms with Crippen LogP contribution in [0, 0.1) is 12.7 Å². The van der Waals surface area contributed by atoms with Crippen molar-refractivity contribution in [3.05, 3.63) is 41.5 Å². The van der Waals surface area contributed by atoms with Crippen LogP contribution in [-0.2, 0) is 4.79 Å². The molecule has 0 unspecified atom stereocenters. The molecule has 0 N–H and O–H groups in total. The number of amides is 2. The Morgan fingerprint density at radius 1 is 1.16 bits per heavy atom. The van der Waals surface area contributed by atoms with Crippen molar-refractivity contribution in [3.8, 4) is 0 Å². The second kappa shape index (κ2) is 5.57. The molecular formula is C13H13ClFN2O2. The molecular weight excluding hydrogens is 271 g/mol. The maximum atomic E-state index is 13.2. The lowest BCUT2D eigenvalue weighted by molar-refractivity contribution is -0.127. The van der Waals surface area contributed by atoms with E-state index in [4.69, 9.17) is 11.6 Å². The van der Waals surface area contributed by atoms with Crippen LogP contribution in [0.5, 0.6) is 0 Å². The Balaban J connectivity index is 2.09. The lowest BCUT2D eigenvalue weighted by atomic mass is 10.1. The molecule has 19 heavy (non-hydrogen) atoms. The largest absolute Gasteiger partial charge is 0.339 e. The van der Waals surface area contributed by atoms with Gasteiger partial charge in [-0.05, 0) is 18.2 Å². The fourth-order valence-electron chi connectivity index (χ4n) is 1.99. The molecule has 0 aromatic heterocycles. The van der Waals surface area contributed by atoms with Crippen molar-refractivity contribution in [1.29, 1.82) is 0 Å². The minimum Gasteiger partial charge on any atom is -0.339 e. The summed E-state index contributed by atoms with van der Waals surface area (Å²) in [5, 5.41) is 0.224. The zero-order chi connectivity index (χ0) is 14.0. The zero-order valence-electron chi connectivity index (χ0n) is 10.2. The first-order valence-electron chi connectivity index (χ1n) is 5.84. The van der Waals surface area contributed by atoms with E-state index in [2.05, 4.69) is 6.92 Å². The van der Waals surface area contributed by atoms with E-state index in [0.717, 1.165) is 6.07 Å². The normalized spacial score (nSPS) is 15.5. The van der Waals surface area contributed by atoms with Crippen LogP contribution in [0.15, 0.2) is 18.2 Å². The number of carbonyl (C=O) groups is 2. The molecule has 1 aliphatic rings. The molecule has 0 atom stereocenters. The summed E-state index contributed by atoms with van der Waals surface area (Å²) in [5.74, 6) is -1.07. The molecule has 2 rings (SSSR count). The van der Waals surface area contributed by atoms with E-state index in [1.807, 2.05) is 0 Å². The molecule has 1 aromatic rings. The first-order chi connectivity index (χ1) is 8.99. The number of piperazine rings is 1. The van der Waals surface area contributed by atoms with Crippen molar-refractivity contribution in [3.63, 3.8) is 0 Å². The highest BCUT2D eigenvalue weighted by atomic mass is 35.5. The first-order valence-corrected chi connectivity index (χ1v) is 6.22. The number of nitrogens with zero attached hydrogens (tertiary/aromatic N) is 2. The molecule has 0 aliphatic carbocycles. The van der Waals surface area contributed by atoms with Crippen molar-refractivity contribution in [1.82, 2.24) is 9.80 Å². The lowest BCUT2D eigenvalue weighted by Crippen LogP contribution is -2.50. The van der Waals surface area contributed by atoms with Gasteiger partial charge in [0.2, 0.25) is 5.91 Å². The standard InChI is InChI=1S/C13H13ClFN2O2/c1-9(18)16-4-6-17(7-5-16)13(19)11-8-10(15)2-3-12(11)14/h2-3,8H,1,4-7H2. The maximum absolute atomic E-state index is 13.2. The Bertz CT molecular complexity index is 513. The van der Waals surface area contributed by atoms with Crippen LogP contribution in [0.25, 0.3) is 0 Å². The van der Waals surface area contributed by atoms with Gasteiger partial charge in [0.15, 0.2) is 0 Å². The third-order valence-electron chi connectivity index (χ3n) is 3.08. The minimum absolute atomic E-state index is 0.149. The van der Waals surface area contributed by atoms with E-state index < -0.39 is 5.82 Å². The fourth-order valence-corrected chi connectivity index (χ4v) is 2.19. The zero-order valence-corrected chi connectivity index (χ0v) is 11.0. The monoisotopic (exact) mass is 283 g/mol. The predicted molar refractivity (Wildman–Crippen MR) is 69.3 cm³/mol. The van der Waals surface area contributed by atoms with Crippen molar-refractivity contribution in [2.75, 3.05) is 26.2 Å². The van der Waals surface area contributed by atoms with Crippen molar-refractivity contribution < 1.29 is 14.0 Å². The second-order valence-electron chi connectivity index (χ2n) is 4.30. The molecule has 1 heterocycles. The highest BCUT2D eigenvalue weighted by Gasteiger charge is 2.24. The topological polar surface area (TPSA) is 40.6 Å². The summed E-state index contributed by atoms with van der Waals surface area (Å²) in [4.78, 5) is 26.4. The number of hydrogen-bond acceptors (Lipinski definition) is 2. The molecule has 1 saturated heterocycles. The lowest BCUT2D eigenvalue weighted by Gasteiger charge is -2.34. The van der Waals surface area contributed by atoms with Crippen molar-refractivity contribution in [2.45, 2.75) is 0 Å². The van der Waals surface area contributed by atoms with Crippen LogP contribution in [-0.4, -0.2) is 47.8 Å². The third kappa shape index (κ3) is 3.04. The Labute approximate surface area is 115 Å². The van der Waals surface area contributed by atoms with Crippen molar-refractivity contribution >= 4 is 23.4 Å². The number of carbonyl (C=O) groups excluding carboxylic acids is 2. The van der Waals surface area contributed by atoms with Gasteiger partial charge in [-0.15, -0.1) is 0 Å². The average molecular weight is 284 g/mol. The van der Waals surface area contributed by atoms with E-state index in [1.54, 1.807) is 9.80 Å². The SMILES string of the molecule is [CH2]C(=O)N1CCN(C(=O)c2cc(F)ccc2Cl)CC1. The summed E-state index contributed by atoms with van der Waals surface area (Å²) >= 11 is 5.90. The second-order valence-corrected chi connectivity index (χ2v) is 4.70. The Morgan fingerprint density at radius 3 is 2.32 bits per heavy atom. The number of hydrogen-bond donors (Lipinski definition) is 0. The Kier molecular flexibility index (Phi) is 4.04. The number of halogens is 2. The van der Waals surface area contributed by atoms with Crippen LogP contribution < -0.4 is 0 Å². The average Bonchev–Trinajstić information content (AvgIpc) is 2.41. The van der Waals surface area contributed by atoms with E-state index in [9.17, 15) is 14.0 Å². The fraction of sp³-hybridized carbons (Fsp3) is 0.308. The maximum Gasteiger partial charge on any atom is 0.255 e. The van der Waals surface area contributed by atoms with E-state index in [1.165, 1.54) is 12.1 Å². The van der Waals surface area contributed by atoms with Crippen LogP contribution >= 0.6 is 11.6 Å². The van der Waals surface area contributed by atoms with Gasteiger partial charge in [-0.3, -0.25) is 9.59 Å². The molecule has 0 saturated carbocycles. The van der Waals surface area contributed by atoms with Crippen LogP contribution in [0.2, 0.25) is 5.02 Å².